The summed E-state index contributed by atoms with van der Waals surface area (Å²) in [4.78, 5) is 0. The van der Waals surface area contributed by atoms with Crippen LogP contribution in [0.5, 0.6) is 5.75 Å². The van der Waals surface area contributed by atoms with Gasteiger partial charge in [0, 0.05) is 5.92 Å². The largest absolute Gasteiger partial charge is 0.508 e. The Morgan fingerprint density at radius 2 is 2.11 bits per heavy atom. The molecule has 0 aromatic heterocycles. The van der Waals surface area contributed by atoms with E-state index in [9.17, 15) is 5.11 Å². The van der Waals surface area contributed by atoms with Crippen LogP contribution >= 0.6 is 0 Å². The summed E-state index contributed by atoms with van der Waals surface area (Å²) >= 11 is 0. The zero-order valence-corrected chi connectivity index (χ0v) is 11.7. The van der Waals surface area contributed by atoms with E-state index >= 15 is 0 Å². The van der Waals surface area contributed by atoms with Crippen LogP contribution in [0.1, 0.15) is 56.1 Å². The molecule has 3 aliphatic rings. The minimum Gasteiger partial charge on any atom is -0.508 e. The van der Waals surface area contributed by atoms with Crippen molar-refractivity contribution in [3.8, 4) is 5.75 Å². The molecular formula is C18H22O. The molecule has 0 heterocycles. The number of hydrogen-bond donors (Lipinski definition) is 1. The van der Waals surface area contributed by atoms with E-state index in [1.165, 1.54) is 43.2 Å². The molecule has 0 unspecified atom stereocenters. The van der Waals surface area contributed by atoms with Gasteiger partial charge in [0.15, 0.2) is 0 Å². The number of phenols is 1. The number of phenolic OH excluding ortho intramolecular Hbond substituents is 1. The Morgan fingerprint density at radius 1 is 1.21 bits per heavy atom. The molecule has 0 bridgehead atoms. The van der Waals surface area contributed by atoms with Gasteiger partial charge < -0.3 is 5.11 Å². The maximum Gasteiger partial charge on any atom is 0.115 e. The molecule has 0 spiro atoms. The lowest BCUT2D eigenvalue weighted by Crippen LogP contribution is -2.33. The molecule has 0 aliphatic heterocycles. The van der Waals surface area contributed by atoms with Crippen LogP contribution in [0.15, 0.2) is 29.8 Å². The summed E-state index contributed by atoms with van der Waals surface area (Å²) in [5, 5.41) is 9.65. The third kappa shape index (κ3) is 1.60. The first-order chi connectivity index (χ1) is 9.17. The fraction of sp³-hybridized carbons (Fsp3) is 0.556. The van der Waals surface area contributed by atoms with Crippen molar-refractivity contribution in [2.45, 2.75) is 51.4 Å². The summed E-state index contributed by atoms with van der Waals surface area (Å²) in [5.74, 6) is 1.88. The SMILES string of the molecule is C[C@@]12CCC[C@H]1C1=CCc3cc(O)ccc3[C@H]1CC2. The molecule has 1 aromatic carbocycles. The van der Waals surface area contributed by atoms with E-state index in [1.807, 2.05) is 12.1 Å². The van der Waals surface area contributed by atoms with E-state index in [2.05, 4.69) is 19.1 Å². The minimum absolute atomic E-state index is 0.414. The Balaban J connectivity index is 1.77. The smallest absolute Gasteiger partial charge is 0.115 e. The number of allylic oxidation sites excluding steroid dienone is 2. The van der Waals surface area contributed by atoms with Gasteiger partial charge in [0.1, 0.15) is 5.75 Å². The summed E-state index contributed by atoms with van der Waals surface area (Å²) in [6.45, 7) is 2.51. The highest BCUT2D eigenvalue weighted by Crippen LogP contribution is 2.59. The van der Waals surface area contributed by atoms with E-state index in [0.717, 1.165) is 12.3 Å². The second kappa shape index (κ2) is 3.88. The Morgan fingerprint density at radius 3 is 3.00 bits per heavy atom. The molecule has 1 heteroatoms. The molecule has 3 aliphatic carbocycles. The maximum atomic E-state index is 9.65. The van der Waals surface area contributed by atoms with Crippen molar-refractivity contribution >= 4 is 0 Å². The highest BCUT2D eigenvalue weighted by atomic mass is 16.3. The molecule has 2 saturated carbocycles. The summed E-state index contributed by atoms with van der Waals surface area (Å²) in [6.07, 6.45) is 10.4. The molecule has 1 N–H and O–H groups in total. The minimum atomic E-state index is 0.414. The third-order valence-electron chi connectivity index (χ3n) is 5.95. The lowest BCUT2D eigenvalue weighted by molar-refractivity contribution is 0.188. The van der Waals surface area contributed by atoms with Crippen molar-refractivity contribution < 1.29 is 5.11 Å². The van der Waals surface area contributed by atoms with Crippen molar-refractivity contribution in [1.29, 1.82) is 0 Å². The molecule has 100 valence electrons. The van der Waals surface area contributed by atoms with Crippen molar-refractivity contribution in [3.05, 3.63) is 41.0 Å². The van der Waals surface area contributed by atoms with Gasteiger partial charge in [0.05, 0.1) is 0 Å². The van der Waals surface area contributed by atoms with Gasteiger partial charge >= 0.3 is 0 Å². The number of aromatic hydroxyl groups is 1. The van der Waals surface area contributed by atoms with Gasteiger partial charge in [-0.05, 0) is 66.7 Å². The topological polar surface area (TPSA) is 20.2 Å². The second-order valence-corrected chi connectivity index (χ2v) is 6.98. The van der Waals surface area contributed by atoms with Crippen molar-refractivity contribution in [3.63, 3.8) is 0 Å². The van der Waals surface area contributed by atoms with Crippen molar-refractivity contribution in [2.24, 2.45) is 11.3 Å². The maximum absolute atomic E-state index is 9.65. The summed E-state index contributed by atoms with van der Waals surface area (Å²) < 4.78 is 0. The van der Waals surface area contributed by atoms with Crippen LogP contribution in [-0.4, -0.2) is 5.11 Å². The van der Waals surface area contributed by atoms with Gasteiger partial charge in [0.2, 0.25) is 0 Å². The summed E-state index contributed by atoms with van der Waals surface area (Å²) in [7, 11) is 0. The van der Waals surface area contributed by atoms with Crippen LogP contribution < -0.4 is 0 Å². The Bertz CT molecular complexity index is 557. The molecule has 0 radical (unpaired) electrons. The quantitative estimate of drug-likeness (QED) is 0.673. The van der Waals surface area contributed by atoms with E-state index in [1.54, 1.807) is 5.57 Å². The number of hydrogen-bond acceptors (Lipinski definition) is 1. The van der Waals surface area contributed by atoms with Crippen LogP contribution in [0.25, 0.3) is 0 Å². The average Bonchev–Trinajstić information content (AvgIpc) is 2.79. The first-order valence-corrected chi connectivity index (χ1v) is 7.69. The molecular weight excluding hydrogens is 232 g/mol. The zero-order valence-electron chi connectivity index (χ0n) is 11.7. The van der Waals surface area contributed by atoms with Crippen molar-refractivity contribution in [1.82, 2.24) is 0 Å². The van der Waals surface area contributed by atoms with E-state index in [0.29, 0.717) is 17.1 Å². The van der Waals surface area contributed by atoms with Gasteiger partial charge in [-0.1, -0.05) is 31.1 Å². The first-order valence-electron chi connectivity index (χ1n) is 7.69. The molecule has 19 heavy (non-hydrogen) atoms. The average molecular weight is 254 g/mol. The van der Waals surface area contributed by atoms with Gasteiger partial charge in [0.25, 0.3) is 0 Å². The normalized spacial score (nSPS) is 36.2. The van der Waals surface area contributed by atoms with Gasteiger partial charge in [-0.25, -0.2) is 0 Å². The Hall–Kier alpha value is -1.24. The molecule has 1 aromatic rings. The fourth-order valence-corrected chi connectivity index (χ4v) is 4.94. The lowest BCUT2D eigenvalue weighted by atomic mass is 9.60. The zero-order chi connectivity index (χ0) is 13.0. The molecule has 2 fully saturated rings. The number of fused-ring (bicyclic) bond motifs is 5. The predicted molar refractivity (Wildman–Crippen MR) is 77.3 cm³/mol. The third-order valence-corrected chi connectivity index (χ3v) is 5.95. The summed E-state index contributed by atoms with van der Waals surface area (Å²) in [5.41, 5.74) is 5.14. The second-order valence-electron chi connectivity index (χ2n) is 6.98. The summed E-state index contributed by atoms with van der Waals surface area (Å²) in [6, 6.07) is 6.00. The molecule has 0 saturated heterocycles. The highest BCUT2D eigenvalue weighted by Gasteiger charge is 2.46. The van der Waals surface area contributed by atoms with Gasteiger partial charge in [-0.2, -0.15) is 0 Å². The standard InChI is InChI=1S/C18H22O/c1-18-9-2-3-17(18)16-6-4-12-11-13(19)5-7-14(12)15(16)8-10-18/h5-7,11,15,17,19H,2-4,8-10H2,1H3/t15-,17+,18+/m1/s1. The predicted octanol–water partition coefficient (Wildman–Crippen LogP) is 4.56. The number of rotatable bonds is 0. The number of benzene rings is 1. The van der Waals surface area contributed by atoms with Gasteiger partial charge in [-0.3, -0.25) is 0 Å². The van der Waals surface area contributed by atoms with Crippen LogP contribution in [-0.2, 0) is 6.42 Å². The monoisotopic (exact) mass is 254 g/mol. The van der Waals surface area contributed by atoms with Gasteiger partial charge in [-0.15, -0.1) is 0 Å². The van der Waals surface area contributed by atoms with E-state index in [4.69, 9.17) is 0 Å². The van der Waals surface area contributed by atoms with Crippen LogP contribution in [0.2, 0.25) is 0 Å². The fourth-order valence-electron chi connectivity index (χ4n) is 4.94. The molecule has 1 nitrogen and oxygen atoms in total. The van der Waals surface area contributed by atoms with E-state index in [-0.39, 0.29) is 0 Å². The Kier molecular flexibility index (Phi) is 2.36. The van der Waals surface area contributed by atoms with Crippen LogP contribution in [0, 0.1) is 11.3 Å². The van der Waals surface area contributed by atoms with E-state index < -0.39 is 0 Å². The molecule has 3 atom stereocenters. The molecule has 0 amide bonds. The lowest BCUT2D eigenvalue weighted by Gasteiger charge is -2.44. The first kappa shape index (κ1) is 11.6. The van der Waals surface area contributed by atoms with Crippen LogP contribution in [0.4, 0.5) is 0 Å². The molecule has 4 rings (SSSR count). The Labute approximate surface area is 115 Å². The highest BCUT2D eigenvalue weighted by molar-refractivity contribution is 5.47. The van der Waals surface area contributed by atoms with Crippen molar-refractivity contribution in [2.75, 3.05) is 0 Å². The van der Waals surface area contributed by atoms with Crippen LogP contribution in [0.3, 0.4) is 0 Å².